The predicted octanol–water partition coefficient (Wildman–Crippen LogP) is 6.88. The number of benzene rings is 1. The van der Waals surface area contributed by atoms with Crippen molar-refractivity contribution in [2.24, 2.45) is 11.8 Å². The Labute approximate surface area is 133 Å². The molecule has 0 heterocycles. The first-order valence-electron chi connectivity index (χ1n) is 8.99. The van der Waals surface area contributed by atoms with Gasteiger partial charge in [0.15, 0.2) is 0 Å². The topological polar surface area (TPSA) is 0 Å². The van der Waals surface area contributed by atoms with Gasteiger partial charge in [0, 0.05) is 0 Å². The van der Waals surface area contributed by atoms with Crippen LogP contribution >= 0.6 is 0 Å². The lowest BCUT2D eigenvalue weighted by molar-refractivity contribution is 0.254. The van der Waals surface area contributed by atoms with Crippen molar-refractivity contribution in [3.63, 3.8) is 0 Å². The highest BCUT2D eigenvalue weighted by Crippen LogP contribution is 2.42. The van der Waals surface area contributed by atoms with Crippen LogP contribution in [0.3, 0.4) is 0 Å². The Balaban J connectivity index is 0.00000106. The maximum Gasteiger partial charge on any atom is -0.0154 e. The maximum atomic E-state index is 2.40. The minimum absolute atomic E-state index is 0.806. The molecule has 0 heteroatoms. The second-order valence-corrected chi connectivity index (χ2v) is 7.04. The molecule has 0 N–H and O–H groups in total. The fourth-order valence-electron chi connectivity index (χ4n) is 4.03. The Hall–Kier alpha value is -0.780. The zero-order chi connectivity index (χ0) is 16.2. The summed E-state index contributed by atoms with van der Waals surface area (Å²) in [4.78, 5) is 0. The smallest absolute Gasteiger partial charge is 0.0154 e. The van der Waals surface area contributed by atoms with Gasteiger partial charge in [-0.25, -0.2) is 0 Å². The molecule has 0 aromatic heterocycles. The van der Waals surface area contributed by atoms with Crippen LogP contribution in [-0.2, 0) is 0 Å². The van der Waals surface area contributed by atoms with E-state index in [2.05, 4.69) is 47.6 Å². The molecular weight excluding hydrogens is 252 g/mol. The molecule has 1 aliphatic carbocycles. The highest BCUT2D eigenvalue weighted by atomic mass is 14.3. The van der Waals surface area contributed by atoms with Crippen molar-refractivity contribution in [3.05, 3.63) is 33.9 Å². The zero-order valence-electron chi connectivity index (χ0n) is 15.6. The minimum Gasteiger partial charge on any atom is -0.0683 e. The first-order chi connectivity index (χ1) is 9.91. The molecule has 0 saturated heterocycles. The van der Waals surface area contributed by atoms with E-state index >= 15 is 0 Å². The van der Waals surface area contributed by atoms with Gasteiger partial charge in [0.05, 0.1) is 0 Å². The van der Waals surface area contributed by atoms with Crippen molar-refractivity contribution >= 4 is 0 Å². The van der Waals surface area contributed by atoms with Gasteiger partial charge >= 0.3 is 0 Å². The fraction of sp³-hybridized carbons (Fsp3) is 0.714. The van der Waals surface area contributed by atoms with Crippen LogP contribution in [0.25, 0.3) is 0 Å². The zero-order valence-corrected chi connectivity index (χ0v) is 15.6. The van der Waals surface area contributed by atoms with Crippen molar-refractivity contribution in [1.29, 1.82) is 0 Å². The standard InChI is InChI=1S/C19H30.C2H6/c1-12(2)17-8-7-9-18(11-17)19-14(4)10-13(3)15(5)16(19)6;1-2/h10,12,17-18H,7-9,11H2,1-6H3;1-2H3. The third kappa shape index (κ3) is 4.11. The first kappa shape index (κ1) is 18.3. The van der Waals surface area contributed by atoms with E-state index in [9.17, 15) is 0 Å². The third-order valence-electron chi connectivity index (χ3n) is 5.48. The molecule has 1 aromatic carbocycles. The number of rotatable bonds is 2. The van der Waals surface area contributed by atoms with Gasteiger partial charge in [-0.1, -0.05) is 46.6 Å². The van der Waals surface area contributed by atoms with E-state index in [1.54, 1.807) is 11.1 Å². The molecule has 2 atom stereocenters. The summed E-state index contributed by atoms with van der Waals surface area (Å²) >= 11 is 0. The van der Waals surface area contributed by atoms with Crippen molar-refractivity contribution in [1.82, 2.24) is 0 Å². The molecule has 0 nitrogen and oxygen atoms in total. The van der Waals surface area contributed by atoms with Crippen LogP contribution in [0, 0.1) is 39.5 Å². The Morgan fingerprint density at radius 2 is 1.52 bits per heavy atom. The Morgan fingerprint density at radius 1 is 0.905 bits per heavy atom. The number of hydrogen-bond donors (Lipinski definition) is 0. The molecule has 21 heavy (non-hydrogen) atoms. The van der Waals surface area contributed by atoms with E-state index in [1.807, 2.05) is 13.8 Å². The van der Waals surface area contributed by atoms with Crippen LogP contribution < -0.4 is 0 Å². The van der Waals surface area contributed by atoms with Crippen LogP contribution in [0.4, 0.5) is 0 Å². The molecule has 120 valence electrons. The first-order valence-corrected chi connectivity index (χ1v) is 8.99. The van der Waals surface area contributed by atoms with Crippen LogP contribution in [0.5, 0.6) is 0 Å². The molecule has 2 unspecified atom stereocenters. The highest BCUT2D eigenvalue weighted by Gasteiger charge is 2.27. The molecule has 1 saturated carbocycles. The monoisotopic (exact) mass is 288 g/mol. The van der Waals surface area contributed by atoms with Gasteiger partial charge in [-0.05, 0) is 86.1 Å². The van der Waals surface area contributed by atoms with Crippen LogP contribution in [0.1, 0.15) is 87.1 Å². The average Bonchev–Trinajstić information content (AvgIpc) is 2.47. The van der Waals surface area contributed by atoms with Gasteiger partial charge < -0.3 is 0 Å². The summed E-state index contributed by atoms with van der Waals surface area (Å²) in [5, 5.41) is 0. The summed E-state index contributed by atoms with van der Waals surface area (Å²) in [6.45, 7) is 18.0. The van der Waals surface area contributed by atoms with Crippen LogP contribution in [0.15, 0.2) is 6.07 Å². The lowest BCUT2D eigenvalue weighted by Crippen LogP contribution is -2.20. The van der Waals surface area contributed by atoms with E-state index < -0.39 is 0 Å². The van der Waals surface area contributed by atoms with E-state index in [-0.39, 0.29) is 0 Å². The SMILES string of the molecule is CC.Cc1cc(C)c(C2CCCC(C(C)C)C2)c(C)c1C. The summed E-state index contributed by atoms with van der Waals surface area (Å²) < 4.78 is 0. The van der Waals surface area contributed by atoms with E-state index in [1.165, 1.54) is 42.4 Å². The minimum atomic E-state index is 0.806. The van der Waals surface area contributed by atoms with E-state index in [4.69, 9.17) is 0 Å². The van der Waals surface area contributed by atoms with Crippen molar-refractivity contribution in [3.8, 4) is 0 Å². The molecule has 0 aliphatic heterocycles. The second kappa shape index (κ2) is 8.01. The Morgan fingerprint density at radius 3 is 2.10 bits per heavy atom. The summed E-state index contributed by atoms with van der Waals surface area (Å²) in [5.74, 6) is 2.58. The highest BCUT2D eigenvalue weighted by molar-refractivity contribution is 5.45. The number of aryl methyl sites for hydroxylation is 2. The lowest BCUT2D eigenvalue weighted by atomic mass is 9.71. The molecule has 0 radical (unpaired) electrons. The summed E-state index contributed by atoms with van der Waals surface area (Å²) in [5.41, 5.74) is 7.72. The van der Waals surface area contributed by atoms with Gasteiger partial charge in [-0.15, -0.1) is 0 Å². The second-order valence-electron chi connectivity index (χ2n) is 7.04. The van der Waals surface area contributed by atoms with Gasteiger partial charge in [-0.2, -0.15) is 0 Å². The normalized spacial score (nSPS) is 22.0. The Bertz CT molecular complexity index is 454. The molecule has 0 bridgehead atoms. The molecular formula is C21H36. The average molecular weight is 289 g/mol. The number of hydrogen-bond acceptors (Lipinski definition) is 0. The van der Waals surface area contributed by atoms with Gasteiger partial charge in [-0.3, -0.25) is 0 Å². The summed E-state index contributed by atoms with van der Waals surface area (Å²) in [6.07, 6.45) is 5.66. The predicted molar refractivity (Wildman–Crippen MR) is 96.3 cm³/mol. The third-order valence-corrected chi connectivity index (χ3v) is 5.48. The fourth-order valence-corrected chi connectivity index (χ4v) is 4.03. The maximum absolute atomic E-state index is 2.40. The molecule has 2 rings (SSSR count). The molecule has 1 fully saturated rings. The summed E-state index contributed by atoms with van der Waals surface area (Å²) in [7, 11) is 0. The van der Waals surface area contributed by atoms with Crippen molar-refractivity contribution < 1.29 is 0 Å². The quantitative estimate of drug-likeness (QED) is 0.556. The molecule has 1 aliphatic rings. The van der Waals surface area contributed by atoms with Gasteiger partial charge in [0.25, 0.3) is 0 Å². The van der Waals surface area contributed by atoms with Crippen molar-refractivity contribution in [2.75, 3.05) is 0 Å². The van der Waals surface area contributed by atoms with Gasteiger partial charge in [0.1, 0.15) is 0 Å². The van der Waals surface area contributed by atoms with E-state index in [0.29, 0.717) is 0 Å². The van der Waals surface area contributed by atoms with Crippen LogP contribution in [-0.4, -0.2) is 0 Å². The molecule has 1 aromatic rings. The largest absolute Gasteiger partial charge is 0.0683 e. The van der Waals surface area contributed by atoms with E-state index in [0.717, 1.165) is 17.8 Å². The lowest BCUT2D eigenvalue weighted by Gasteiger charge is -2.34. The molecule has 0 amide bonds. The van der Waals surface area contributed by atoms with Crippen molar-refractivity contribution in [2.45, 2.75) is 87.0 Å². The summed E-state index contributed by atoms with van der Waals surface area (Å²) in [6, 6.07) is 2.40. The molecule has 0 spiro atoms. The Kier molecular flexibility index (Phi) is 6.97. The van der Waals surface area contributed by atoms with Gasteiger partial charge in [0.2, 0.25) is 0 Å². The van der Waals surface area contributed by atoms with Crippen LogP contribution in [0.2, 0.25) is 0 Å².